The Bertz CT molecular complexity index is 1030. The second-order valence-corrected chi connectivity index (χ2v) is 5.87. The zero-order valence-electron chi connectivity index (χ0n) is 13.6. The number of benzene rings is 2. The van der Waals surface area contributed by atoms with Crippen LogP contribution < -0.4 is 10.3 Å². The molecule has 1 aliphatic heterocycles. The molecule has 6 heteroatoms. The normalized spacial score (nSPS) is 15.6. The minimum absolute atomic E-state index is 0.0391. The topological polar surface area (TPSA) is 70.4 Å². The van der Waals surface area contributed by atoms with Gasteiger partial charge in [-0.15, -0.1) is 0 Å². The van der Waals surface area contributed by atoms with Gasteiger partial charge >= 0.3 is 5.97 Å². The lowest BCUT2D eigenvalue weighted by Gasteiger charge is -2.19. The summed E-state index contributed by atoms with van der Waals surface area (Å²) in [6, 6.07) is 14.1. The molecule has 0 spiro atoms. The molecule has 0 saturated heterocycles. The number of hydrogen-bond donors (Lipinski definition) is 0. The number of esters is 1. The van der Waals surface area contributed by atoms with Crippen LogP contribution in [0.2, 0.25) is 0 Å². The van der Waals surface area contributed by atoms with E-state index in [1.807, 2.05) is 30.3 Å². The minimum Gasteiger partial charge on any atom is -0.491 e. The van der Waals surface area contributed by atoms with Gasteiger partial charge in [-0.1, -0.05) is 24.3 Å². The van der Waals surface area contributed by atoms with Gasteiger partial charge in [0.2, 0.25) is 0 Å². The van der Waals surface area contributed by atoms with E-state index in [0.717, 1.165) is 5.56 Å². The number of nitrogens with zero attached hydrogens (tertiary/aromatic N) is 2. The maximum atomic E-state index is 13.1. The highest BCUT2D eigenvalue weighted by molar-refractivity contribution is 5.81. The summed E-state index contributed by atoms with van der Waals surface area (Å²) in [5.41, 5.74) is 1.17. The van der Waals surface area contributed by atoms with Gasteiger partial charge in [-0.3, -0.25) is 14.2 Å². The van der Waals surface area contributed by atoms with Crippen molar-refractivity contribution in [3.63, 3.8) is 0 Å². The summed E-state index contributed by atoms with van der Waals surface area (Å²) in [5, 5.41) is 0.514. The van der Waals surface area contributed by atoms with Gasteiger partial charge in [0.25, 0.3) is 5.56 Å². The summed E-state index contributed by atoms with van der Waals surface area (Å²) in [4.78, 5) is 29.7. The summed E-state index contributed by atoms with van der Waals surface area (Å²) < 4.78 is 12.2. The molecule has 3 aromatic rings. The Hall–Kier alpha value is -3.15. The van der Waals surface area contributed by atoms with E-state index in [1.54, 1.807) is 22.8 Å². The van der Waals surface area contributed by atoms with Crippen molar-refractivity contribution in [2.45, 2.75) is 12.5 Å². The number of ether oxygens (including phenoxy) is 2. The van der Waals surface area contributed by atoms with Crippen LogP contribution in [0.1, 0.15) is 12.5 Å². The monoisotopic (exact) mass is 336 g/mol. The Balaban J connectivity index is 2.02. The van der Waals surface area contributed by atoms with Crippen molar-refractivity contribution < 1.29 is 14.3 Å². The molecule has 0 aliphatic carbocycles. The van der Waals surface area contributed by atoms with Gasteiger partial charge in [0.05, 0.1) is 36.0 Å². The van der Waals surface area contributed by atoms with E-state index < -0.39 is 12.0 Å². The number of carbonyl (C=O) groups excluding carboxylic acids is 1. The predicted octanol–water partition coefficient (Wildman–Crippen LogP) is 2.56. The number of hydrogen-bond acceptors (Lipinski definition) is 5. The van der Waals surface area contributed by atoms with Crippen LogP contribution in [0.15, 0.2) is 53.3 Å². The molecule has 1 aliphatic rings. The van der Waals surface area contributed by atoms with Crippen molar-refractivity contribution in [1.29, 1.82) is 0 Å². The van der Waals surface area contributed by atoms with Crippen LogP contribution in [0, 0.1) is 0 Å². The van der Waals surface area contributed by atoms with Crippen LogP contribution in [0.5, 0.6) is 5.75 Å². The third-order valence-electron chi connectivity index (χ3n) is 4.36. The molecule has 0 N–H and O–H groups in total. The van der Waals surface area contributed by atoms with Gasteiger partial charge < -0.3 is 9.47 Å². The van der Waals surface area contributed by atoms with Crippen molar-refractivity contribution in [2.24, 2.45) is 0 Å². The number of para-hydroxylation sites is 2. The number of methoxy groups -OCH3 is 1. The number of fused-ring (bicyclic) bond motifs is 4. The van der Waals surface area contributed by atoms with Crippen LogP contribution >= 0.6 is 0 Å². The molecule has 0 fully saturated rings. The largest absolute Gasteiger partial charge is 0.491 e. The zero-order valence-corrected chi connectivity index (χ0v) is 13.6. The molecule has 0 radical (unpaired) electrons. The average molecular weight is 336 g/mol. The summed E-state index contributed by atoms with van der Waals surface area (Å²) in [7, 11) is 1.33. The lowest BCUT2D eigenvalue weighted by molar-refractivity contribution is -0.141. The third-order valence-corrected chi connectivity index (χ3v) is 4.36. The summed E-state index contributed by atoms with van der Waals surface area (Å²) in [6.07, 6.45) is 0.0391. The van der Waals surface area contributed by atoms with Crippen LogP contribution in [-0.4, -0.2) is 29.2 Å². The van der Waals surface area contributed by atoms with Gasteiger partial charge in [-0.05, 0) is 24.3 Å². The quantitative estimate of drug-likeness (QED) is 0.673. The average Bonchev–Trinajstić information content (AvgIpc) is 2.80. The fraction of sp³-hybridized carbons (Fsp3) is 0.211. The molecule has 0 amide bonds. The fourth-order valence-corrected chi connectivity index (χ4v) is 3.14. The molecule has 1 aromatic heterocycles. The number of carbonyl (C=O) groups is 1. The molecule has 2 aromatic carbocycles. The van der Waals surface area contributed by atoms with Crippen molar-refractivity contribution >= 4 is 16.9 Å². The molecule has 0 unspecified atom stereocenters. The summed E-state index contributed by atoms with van der Waals surface area (Å²) in [5.74, 6) is 0.752. The van der Waals surface area contributed by atoms with E-state index in [0.29, 0.717) is 22.5 Å². The minimum atomic E-state index is -0.487. The Morgan fingerprint density at radius 1 is 1.24 bits per heavy atom. The first-order valence-electron chi connectivity index (χ1n) is 7.99. The first-order chi connectivity index (χ1) is 12.2. The van der Waals surface area contributed by atoms with Gasteiger partial charge in [0, 0.05) is 0 Å². The molecule has 4 rings (SSSR count). The van der Waals surface area contributed by atoms with Crippen molar-refractivity contribution in [2.75, 3.05) is 13.7 Å². The molecule has 6 nitrogen and oxygen atoms in total. The van der Waals surface area contributed by atoms with E-state index in [4.69, 9.17) is 14.5 Å². The van der Waals surface area contributed by atoms with E-state index in [1.165, 1.54) is 7.11 Å². The highest BCUT2D eigenvalue weighted by Crippen LogP contribution is 2.34. The maximum absolute atomic E-state index is 13.1. The molecular formula is C19H16N2O4. The van der Waals surface area contributed by atoms with Crippen molar-refractivity contribution in [3.8, 4) is 17.1 Å². The van der Waals surface area contributed by atoms with Crippen molar-refractivity contribution in [1.82, 2.24) is 9.55 Å². The molecule has 25 heavy (non-hydrogen) atoms. The fourth-order valence-electron chi connectivity index (χ4n) is 3.14. The first-order valence-corrected chi connectivity index (χ1v) is 7.99. The summed E-state index contributed by atoms with van der Waals surface area (Å²) in [6.45, 7) is 0.193. The SMILES string of the molecule is COC(=O)C[C@H]1COc2ccccc2-c2nc3ccccc3c(=O)n21. The highest BCUT2D eigenvalue weighted by atomic mass is 16.5. The Morgan fingerprint density at radius 2 is 2.00 bits per heavy atom. The lowest BCUT2D eigenvalue weighted by Crippen LogP contribution is -2.31. The second-order valence-electron chi connectivity index (χ2n) is 5.87. The van der Waals surface area contributed by atoms with E-state index in [9.17, 15) is 9.59 Å². The molecule has 1 atom stereocenters. The van der Waals surface area contributed by atoms with Gasteiger partial charge in [-0.2, -0.15) is 0 Å². The summed E-state index contributed by atoms with van der Waals surface area (Å²) >= 11 is 0. The molecule has 2 heterocycles. The first kappa shape index (κ1) is 15.4. The Morgan fingerprint density at radius 3 is 2.84 bits per heavy atom. The predicted molar refractivity (Wildman–Crippen MR) is 92.6 cm³/mol. The van der Waals surface area contributed by atoms with Crippen LogP contribution in [-0.2, 0) is 9.53 Å². The van der Waals surface area contributed by atoms with Crippen LogP contribution in [0.4, 0.5) is 0 Å². The van der Waals surface area contributed by atoms with Crippen LogP contribution in [0.25, 0.3) is 22.3 Å². The molecular weight excluding hydrogens is 320 g/mol. The smallest absolute Gasteiger partial charge is 0.307 e. The maximum Gasteiger partial charge on any atom is 0.307 e. The molecule has 126 valence electrons. The Labute approximate surface area is 143 Å². The zero-order chi connectivity index (χ0) is 17.4. The van der Waals surface area contributed by atoms with Gasteiger partial charge in [-0.25, -0.2) is 4.98 Å². The van der Waals surface area contributed by atoms with Crippen molar-refractivity contribution in [3.05, 3.63) is 58.9 Å². The lowest BCUT2D eigenvalue weighted by atomic mass is 10.1. The van der Waals surface area contributed by atoms with E-state index in [2.05, 4.69) is 0 Å². The Kier molecular flexibility index (Phi) is 3.72. The number of rotatable bonds is 2. The molecule has 0 saturated carbocycles. The van der Waals surface area contributed by atoms with Crippen LogP contribution in [0.3, 0.4) is 0 Å². The van der Waals surface area contributed by atoms with Gasteiger partial charge in [0.1, 0.15) is 18.2 Å². The second kappa shape index (κ2) is 6.05. The van der Waals surface area contributed by atoms with E-state index in [-0.39, 0.29) is 18.6 Å². The molecule has 0 bridgehead atoms. The van der Waals surface area contributed by atoms with E-state index >= 15 is 0 Å². The number of aromatic nitrogens is 2. The van der Waals surface area contributed by atoms with Gasteiger partial charge in [0.15, 0.2) is 0 Å². The standard InChI is InChI=1S/C19H16N2O4/c1-24-17(22)10-12-11-25-16-9-5-3-7-14(16)18-20-15-8-4-2-6-13(15)19(23)21(12)18/h2-9,12H,10-11H2,1H3/t12-/m0/s1. The highest BCUT2D eigenvalue weighted by Gasteiger charge is 2.28. The third kappa shape index (κ3) is 2.55.